The maximum atomic E-state index is 12.9. The van der Waals surface area contributed by atoms with Gasteiger partial charge >= 0.3 is 29.8 Å². The maximum Gasteiger partial charge on any atom is 0.320 e. The van der Waals surface area contributed by atoms with Gasteiger partial charge in [0.25, 0.3) is 0 Å². The molecule has 0 heterocycles. The fourth-order valence-corrected chi connectivity index (χ4v) is 4.25. The molecular weight excluding hydrogens is 530 g/mol. The number of rotatable bonds is 24. The normalized spacial score (nSPS) is 12.7. The zero-order valence-corrected chi connectivity index (χ0v) is 24.3. The maximum absolute atomic E-state index is 12.9. The van der Waals surface area contributed by atoms with Crippen LogP contribution in [0, 0.1) is 11.3 Å². The van der Waals surface area contributed by atoms with E-state index in [2.05, 4.69) is 6.92 Å². The second-order valence-electron chi connectivity index (χ2n) is 10.8. The minimum absolute atomic E-state index is 0.00239. The van der Waals surface area contributed by atoms with Crippen molar-refractivity contribution in [3.63, 3.8) is 0 Å². The van der Waals surface area contributed by atoms with E-state index in [1.165, 1.54) is 9.80 Å². The average molecular weight is 578 g/mol. The summed E-state index contributed by atoms with van der Waals surface area (Å²) in [7, 11) is 0. The number of nitrogens with zero attached hydrogens (tertiary/aromatic N) is 3. The summed E-state index contributed by atoms with van der Waals surface area (Å²) in [5.74, 6) is -5.47. The van der Waals surface area contributed by atoms with Gasteiger partial charge in [-0.1, -0.05) is 41.0 Å². The molecule has 1 unspecified atom stereocenters. The Hall–Kier alpha value is -2.81. The minimum atomic E-state index is -1.23. The Morgan fingerprint density at radius 3 is 1.50 bits per heavy atom. The molecule has 0 aliphatic heterocycles. The van der Waals surface area contributed by atoms with Gasteiger partial charge in [0.1, 0.15) is 6.10 Å². The van der Waals surface area contributed by atoms with Crippen molar-refractivity contribution in [2.24, 2.45) is 11.3 Å². The summed E-state index contributed by atoms with van der Waals surface area (Å²) in [5, 5.41) is 36.6. The predicted octanol–water partition coefficient (Wildman–Crippen LogP) is 0.642. The van der Waals surface area contributed by atoms with Crippen LogP contribution in [0.2, 0.25) is 0 Å². The number of carboxylic acid groups (broad SMARTS) is 4. The molecule has 14 heteroatoms. The topological polar surface area (TPSA) is 194 Å². The molecule has 0 spiro atoms. The van der Waals surface area contributed by atoms with Crippen molar-refractivity contribution in [3.8, 4) is 0 Å². The number of carbonyl (C=O) groups excluding carboxylic acids is 1. The first-order valence-electron chi connectivity index (χ1n) is 13.4. The summed E-state index contributed by atoms with van der Waals surface area (Å²) in [6.45, 7) is 8.41. The van der Waals surface area contributed by atoms with Gasteiger partial charge in [0.15, 0.2) is 0 Å². The predicted molar refractivity (Wildman–Crippen MR) is 144 cm³/mol. The van der Waals surface area contributed by atoms with Crippen LogP contribution in [0.3, 0.4) is 0 Å². The van der Waals surface area contributed by atoms with Crippen LogP contribution in [0.1, 0.15) is 47.5 Å². The SMILES string of the molecule is CCCCOCC(C)(C)C(OC(=O)CN(CCN(CCN(CC(=O)O)CC(=O)O)CC(=O)O)CC(=O)O)C(C)C. The van der Waals surface area contributed by atoms with Gasteiger partial charge in [0.2, 0.25) is 0 Å². The summed E-state index contributed by atoms with van der Waals surface area (Å²) >= 11 is 0. The smallest absolute Gasteiger partial charge is 0.320 e. The van der Waals surface area contributed by atoms with E-state index in [9.17, 15) is 34.2 Å². The second-order valence-corrected chi connectivity index (χ2v) is 10.8. The molecule has 1 atom stereocenters. The molecule has 0 aromatic rings. The Labute approximate surface area is 235 Å². The van der Waals surface area contributed by atoms with Gasteiger partial charge < -0.3 is 29.9 Å². The lowest BCUT2D eigenvalue weighted by Gasteiger charge is -2.36. The van der Waals surface area contributed by atoms with Crippen LogP contribution in [0.25, 0.3) is 0 Å². The Kier molecular flexibility index (Phi) is 17.9. The molecule has 0 aromatic heterocycles. The molecule has 4 N–H and O–H groups in total. The molecule has 232 valence electrons. The van der Waals surface area contributed by atoms with Gasteiger partial charge in [0.05, 0.1) is 39.3 Å². The molecule has 0 aliphatic carbocycles. The van der Waals surface area contributed by atoms with Gasteiger partial charge in [0, 0.05) is 38.2 Å². The second kappa shape index (κ2) is 19.3. The van der Waals surface area contributed by atoms with E-state index < -0.39 is 67.5 Å². The van der Waals surface area contributed by atoms with E-state index in [0.29, 0.717) is 13.2 Å². The first-order valence-corrected chi connectivity index (χ1v) is 13.4. The lowest BCUT2D eigenvalue weighted by molar-refractivity contribution is -0.164. The Bertz CT molecular complexity index is 804. The molecule has 0 fully saturated rings. The van der Waals surface area contributed by atoms with Gasteiger partial charge in [-0.15, -0.1) is 0 Å². The quantitative estimate of drug-likeness (QED) is 0.0921. The third kappa shape index (κ3) is 17.7. The molecule has 40 heavy (non-hydrogen) atoms. The zero-order chi connectivity index (χ0) is 30.9. The van der Waals surface area contributed by atoms with Crippen LogP contribution >= 0.6 is 0 Å². The standard InChI is InChI=1S/C26H47N3O11/c1-6-7-12-39-18-26(4,5)25(19(2)3)40-24(38)17-29(16-23(36)37)11-9-27(13-20(30)31)8-10-28(14-21(32)33)15-22(34)35/h19,25H,6-18H2,1-5H3,(H,30,31)(H,32,33)(H,34,35)(H,36,37). The largest absolute Gasteiger partial charge is 0.480 e. The fraction of sp³-hybridized carbons (Fsp3) is 0.808. The molecular formula is C26H47N3O11. The van der Waals surface area contributed by atoms with E-state index in [4.69, 9.17) is 19.7 Å². The van der Waals surface area contributed by atoms with Gasteiger partial charge in [-0.3, -0.25) is 38.7 Å². The highest BCUT2D eigenvalue weighted by Gasteiger charge is 2.36. The van der Waals surface area contributed by atoms with Crippen LogP contribution in [0.5, 0.6) is 0 Å². The van der Waals surface area contributed by atoms with Crippen molar-refractivity contribution in [1.29, 1.82) is 0 Å². The van der Waals surface area contributed by atoms with Crippen molar-refractivity contribution in [3.05, 3.63) is 0 Å². The third-order valence-electron chi connectivity index (χ3n) is 6.00. The number of hydrogen-bond acceptors (Lipinski definition) is 10. The van der Waals surface area contributed by atoms with Crippen molar-refractivity contribution in [2.45, 2.75) is 53.6 Å². The molecule has 0 rings (SSSR count). The van der Waals surface area contributed by atoms with Crippen LogP contribution in [0.15, 0.2) is 0 Å². The molecule has 0 aromatic carbocycles. The highest BCUT2D eigenvalue weighted by atomic mass is 16.5. The molecule has 14 nitrogen and oxygen atoms in total. The zero-order valence-electron chi connectivity index (χ0n) is 24.3. The first-order chi connectivity index (χ1) is 18.6. The number of hydrogen-bond donors (Lipinski definition) is 4. The van der Waals surface area contributed by atoms with Crippen LogP contribution in [-0.4, -0.2) is 143 Å². The number of esters is 1. The first kappa shape index (κ1) is 37.2. The number of ether oxygens (including phenoxy) is 2. The molecule has 0 aliphatic rings. The number of aliphatic carboxylic acids is 4. The van der Waals surface area contributed by atoms with E-state index in [1.54, 1.807) is 0 Å². The molecule has 0 saturated carbocycles. The lowest BCUT2D eigenvalue weighted by atomic mass is 9.81. The van der Waals surface area contributed by atoms with Gasteiger partial charge in [-0.2, -0.15) is 0 Å². The summed E-state index contributed by atoms with van der Waals surface area (Å²) in [5.41, 5.74) is -0.495. The van der Waals surface area contributed by atoms with E-state index in [1.807, 2.05) is 27.7 Å². The summed E-state index contributed by atoms with van der Waals surface area (Å²) in [4.78, 5) is 61.7. The molecule has 0 bridgehead atoms. The minimum Gasteiger partial charge on any atom is -0.480 e. The molecule has 0 radical (unpaired) electrons. The van der Waals surface area contributed by atoms with Gasteiger partial charge in [-0.05, 0) is 12.3 Å². The molecule has 0 amide bonds. The summed E-state index contributed by atoms with van der Waals surface area (Å²) < 4.78 is 11.6. The van der Waals surface area contributed by atoms with Crippen molar-refractivity contribution >= 4 is 29.8 Å². The summed E-state index contributed by atoms with van der Waals surface area (Å²) in [6.07, 6.45) is 1.42. The van der Waals surface area contributed by atoms with Crippen molar-refractivity contribution < 1.29 is 53.9 Å². The number of carboxylic acids is 4. The Balaban J connectivity index is 5.34. The monoisotopic (exact) mass is 577 g/mol. The fourth-order valence-electron chi connectivity index (χ4n) is 4.25. The Morgan fingerprint density at radius 2 is 1.10 bits per heavy atom. The van der Waals surface area contributed by atoms with Crippen molar-refractivity contribution in [2.75, 3.05) is 72.1 Å². The van der Waals surface area contributed by atoms with Crippen molar-refractivity contribution in [1.82, 2.24) is 14.7 Å². The average Bonchev–Trinajstić information content (AvgIpc) is 2.80. The van der Waals surface area contributed by atoms with Gasteiger partial charge in [-0.25, -0.2) is 0 Å². The van der Waals surface area contributed by atoms with E-state index in [-0.39, 0.29) is 38.6 Å². The van der Waals surface area contributed by atoms with Crippen LogP contribution in [-0.2, 0) is 33.4 Å². The highest BCUT2D eigenvalue weighted by Crippen LogP contribution is 2.29. The van der Waals surface area contributed by atoms with E-state index >= 15 is 0 Å². The molecule has 0 saturated heterocycles. The lowest BCUT2D eigenvalue weighted by Crippen LogP contribution is -2.47. The summed E-state index contributed by atoms with van der Waals surface area (Å²) in [6, 6.07) is 0. The van der Waals surface area contributed by atoms with Crippen LogP contribution < -0.4 is 0 Å². The highest BCUT2D eigenvalue weighted by molar-refractivity contribution is 5.74. The number of carbonyl (C=O) groups is 5. The number of unbranched alkanes of at least 4 members (excludes halogenated alkanes) is 1. The van der Waals surface area contributed by atoms with Crippen LogP contribution in [0.4, 0.5) is 0 Å². The third-order valence-corrected chi connectivity index (χ3v) is 6.00. The Morgan fingerprint density at radius 1 is 0.700 bits per heavy atom. The van der Waals surface area contributed by atoms with E-state index in [0.717, 1.165) is 17.7 Å².